The van der Waals surface area contributed by atoms with Crippen LogP contribution in [0.5, 0.6) is 0 Å². The minimum Gasteiger partial charge on any atom is -0.445 e. The molecule has 1 rings (SSSR count). The third kappa shape index (κ3) is 2.19. The number of hydrogen-bond donors (Lipinski definition) is 1. The molecule has 2 nitrogen and oxygen atoms in total. The quantitative estimate of drug-likeness (QED) is 0.582. The Hall–Kier alpha value is 0.354. The maximum atomic E-state index is 9.81. The monoisotopic (exact) mass is 176 g/mol. The molecule has 0 bridgehead atoms. The van der Waals surface area contributed by atoms with Crippen molar-refractivity contribution in [2.24, 2.45) is 0 Å². The van der Waals surface area contributed by atoms with E-state index in [1.54, 1.807) is 0 Å². The van der Waals surface area contributed by atoms with Crippen LogP contribution in [0.4, 0.5) is 0 Å². The van der Waals surface area contributed by atoms with Crippen LogP contribution < -0.4 is 0 Å². The summed E-state index contributed by atoms with van der Waals surface area (Å²) >= 11 is 0. The Morgan fingerprint density at radius 1 is 1.10 bits per heavy atom. The average Bonchev–Trinajstić information content (AvgIpc) is 2.15. The molecule has 1 saturated heterocycles. The summed E-state index contributed by atoms with van der Waals surface area (Å²) in [4.78, 5) is 9.81. The van der Waals surface area contributed by atoms with Gasteiger partial charge in [-0.05, 0) is 12.1 Å². The fourth-order valence-corrected chi connectivity index (χ4v) is 4.97. The molecule has 0 aliphatic carbocycles. The van der Waals surface area contributed by atoms with Gasteiger partial charge in [0.2, 0.25) is 0 Å². The molecule has 0 unspecified atom stereocenters. The Balaban J connectivity index is 2.41. The Morgan fingerprint density at radius 3 is 2.00 bits per heavy atom. The minimum atomic E-state index is -2.10. The van der Waals surface area contributed by atoms with Crippen molar-refractivity contribution in [1.29, 1.82) is 0 Å². The highest BCUT2D eigenvalue weighted by molar-refractivity contribution is 6.68. The summed E-state index contributed by atoms with van der Waals surface area (Å²) in [5.74, 6) is 0. The molecule has 0 aromatic carbocycles. The second-order valence-corrected chi connectivity index (χ2v) is 7.59. The summed E-state index contributed by atoms with van der Waals surface area (Å²) in [6.07, 6.45) is 4.95. The van der Waals surface area contributed by atoms with Gasteiger partial charge in [0.1, 0.15) is 10.5 Å². The lowest BCUT2D eigenvalue weighted by atomic mass is 10.2. The third-order valence-electron chi connectivity index (χ3n) is 2.26. The van der Waals surface area contributed by atoms with Crippen LogP contribution in [-0.4, -0.2) is 23.8 Å². The van der Waals surface area contributed by atoms with Gasteiger partial charge in [-0.15, -0.1) is 0 Å². The molecule has 0 aromatic heterocycles. The first-order chi connectivity index (χ1) is 4.77. The van der Waals surface area contributed by atoms with E-state index in [9.17, 15) is 4.80 Å². The highest BCUT2D eigenvalue weighted by atomic mass is 28.4. The molecule has 10 heavy (non-hydrogen) atoms. The number of hydrogen-bond acceptors (Lipinski definition) is 2. The van der Waals surface area contributed by atoms with Crippen molar-refractivity contribution in [2.45, 2.75) is 37.8 Å². The van der Waals surface area contributed by atoms with Gasteiger partial charge >= 0.3 is 8.56 Å². The molecular weight excluding hydrogens is 160 g/mol. The molecule has 60 valence electrons. The third-order valence-corrected chi connectivity index (χ3v) is 7.57. The van der Waals surface area contributed by atoms with Crippen molar-refractivity contribution in [2.75, 3.05) is 0 Å². The molecule has 1 heterocycles. The van der Waals surface area contributed by atoms with E-state index < -0.39 is 8.56 Å². The Bertz CT molecular complexity index is 99.9. The van der Waals surface area contributed by atoms with Crippen molar-refractivity contribution in [3.63, 3.8) is 0 Å². The van der Waals surface area contributed by atoms with Gasteiger partial charge in [-0.25, -0.2) is 0 Å². The second-order valence-electron chi connectivity index (χ2n) is 3.06. The van der Waals surface area contributed by atoms with E-state index in [-0.39, 0.29) is 0 Å². The molecule has 0 saturated carbocycles. The van der Waals surface area contributed by atoms with Gasteiger partial charge in [-0.1, -0.05) is 25.7 Å². The van der Waals surface area contributed by atoms with Gasteiger partial charge in [0.25, 0.3) is 0 Å². The fraction of sp³-hybridized carbons (Fsp3) is 1.00. The molecule has 0 radical (unpaired) electrons. The van der Waals surface area contributed by atoms with Gasteiger partial charge in [-0.2, -0.15) is 0 Å². The molecule has 1 N–H and O–H groups in total. The molecule has 4 heteroatoms. The van der Waals surface area contributed by atoms with E-state index in [4.69, 9.17) is 4.12 Å². The van der Waals surface area contributed by atoms with Crippen LogP contribution in [0.15, 0.2) is 0 Å². The van der Waals surface area contributed by atoms with E-state index in [0.717, 1.165) is 12.1 Å². The normalized spacial score (nSPS) is 26.1. The standard InChI is InChI=1S/C6H16O2Si2/c7-10(8-9)5-3-1-2-4-6-10/h7H,1-6H2,9H3. The van der Waals surface area contributed by atoms with E-state index in [2.05, 4.69) is 0 Å². The largest absolute Gasteiger partial charge is 0.445 e. The van der Waals surface area contributed by atoms with Crippen LogP contribution in [0.1, 0.15) is 25.7 Å². The zero-order chi connectivity index (χ0) is 7.45. The van der Waals surface area contributed by atoms with Gasteiger partial charge in [-0.3, -0.25) is 0 Å². The zero-order valence-corrected chi connectivity index (χ0v) is 9.60. The summed E-state index contributed by atoms with van der Waals surface area (Å²) < 4.78 is 5.29. The Morgan fingerprint density at radius 2 is 1.60 bits per heavy atom. The lowest BCUT2D eigenvalue weighted by molar-refractivity contribution is 0.387. The van der Waals surface area contributed by atoms with E-state index in [1.165, 1.54) is 25.7 Å². The SMILES string of the molecule is O[Si]1(O[SiH3])CCCCCC1. The van der Waals surface area contributed by atoms with Crippen molar-refractivity contribution in [3.8, 4) is 0 Å². The van der Waals surface area contributed by atoms with Gasteiger partial charge in [0, 0.05) is 0 Å². The van der Waals surface area contributed by atoms with E-state index in [0.29, 0.717) is 10.5 Å². The molecule has 0 atom stereocenters. The Labute approximate surface area is 66.4 Å². The predicted molar refractivity (Wildman–Crippen MR) is 47.1 cm³/mol. The van der Waals surface area contributed by atoms with Gasteiger partial charge in [0.15, 0.2) is 0 Å². The first-order valence-electron chi connectivity index (χ1n) is 4.04. The summed E-state index contributed by atoms with van der Waals surface area (Å²) in [6, 6.07) is 1.97. The maximum absolute atomic E-state index is 9.81. The predicted octanol–water partition coefficient (Wildman–Crippen LogP) is 0.292. The lowest BCUT2D eigenvalue weighted by Gasteiger charge is -2.20. The summed E-state index contributed by atoms with van der Waals surface area (Å²) in [5, 5.41) is 0. The summed E-state index contributed by atoms with van der Waals surface area (Å²) in [5.41, 5.74) is 0. The van der Waals surface area contributed by atoms with Crippen LogP contribution in [0, 0.1) is 0 Å². The van der Waals surface area contributed by atoms with Gasteiger partial charge < -0.3 is 8.91 Å². The molecule has 0 amide bonds. The van der Waals surface area contributed by atoms with Crippen LogP contribution in [0.25, 0.3) is 0 Å². The fourth-order valence-electron chi connectivity index (χ4n) is 1.49. The van der Waals surface area contributed by atoms with Crippen molar-refractivity contribution < 1.29 is 8.91 Å². The van der Waals surface area contributed by atoms with Crippen LogP contribution in [0.3, 0.4) is 0 Å². The van der Waals surface area contributed by atoms with Crippen LogP contribution in [-0.2, 0) is 4.12 Å². The maximum Gasteiger partial charge on any atom is 0.324 e. The molecule has 0 aromatic rings. The first-order valence-corrected chi connectivity index (χ1v) is 7.13. The highest BCUT2D eigenvalue weighted by Crippen LogP contribution is 2.24. The van der Waals surface area contributed by atoms with Crippen molar-refractivity contribution in [3.05, 3.63) is 0 Å². The van der Waals surface area contributed by atoms with Crippen LogP contribution in [0.2, 0.25) is 12.1 Å². The van der Waals surface area contributed by atoms with E-state index >= 15 is 0 Å². The number of rotatable bonds is 1. The smallest absolute Gasteiger partial charge is 0.324 e. The average molecular weight is 176 g/mol. The Kier molecular flexibility index (Phi) is 3.09. The van der Waals surface area contributed by atoms with E-state index in [1.807, 2.05) is 0 Å². The second kappa shape index (κ2) is 3.66. The zero-order valence-electron chi connectivity index (χ0n) is 6.60. The van der Waals surface area contributed by atoms with Crippen molar-refractivity contribution in [1.82, 2.24) is 0 Å². The topological polar surface area (TPSA) is 29.5 Å². The van der Waals surface area contributed by atoms with Gasteiger partial charge in [0.05, 0.1) is 0 Å². The summed E-state index contributed by atoms with van der Waals surface area (Å²) in [7, 11) is -1.38. The molecule has 1 aliphatic heterocycles. The first kappa shape index (κ1) is 8.45. The van der Waals surface area contributed by atoms with Crippen LogP contribution >= 0.6 is 0 Å². The highest BCUT2D eigenvalue weighted by Gasteiger charge is 2.31. The molecule has 1 aliphatic rings. The molecular formula is C6H16O2Si2. The van der Waals surface area contributed by atoms with Crippen molar-refractivity contribution >= 4 is 19.0 Å². The molecule has 0 spiro atoms. The minimum absolute atomic E-state index is 0.715. The molecule has 1 fully saturated rings. The summed E-state index contributed by atoms with van der Waals surface area (Å²) in [6.45, 7) is 0. The lowest BCUT2D eigenvalue weighted by Crippen LogP contribution is -2.36.